The molecule has 1 rings (SSSR count). The molecule has 0 amide bonds. The fourth-order valence-electron chi connectivity index (χ4n) is 0.861. The van der Waals surface area contributed by atoms with Crippen LogP contribution < -0.4 is 0 Å². The summed E-state index contributed by atoms with van der Waals surface area (Å²) in [5.74, 6) is -1.96. The summed E-state index contributed by atoms with van der Waals surface area (Å²) < 4.78 is 24.4. The van der Waals surface area contributed by atoms with Crippen molar-refractivity contribution in [3.05, 3.63) is 21.0 Å². The zero-order valence-electron chi connectivity index (χ0n) is 6.54. The average Bonchev–Trinajstić information content (AvgIpc) is 2.08. The highest BCUT2D eigenvalue weighted by atomic mass is 127. The SMILES string of the molecule is O=C(O)c1c(C(F)F)ncc(O)c1I. The minimum atomic E-state index is -2.98. The molecule has 7 heteroatoms. The van der Waals surface area contributed by atoms with Crippen LogP contribution in [0.5, 0.6) is 5.75 Å². The number of aromatic hydroxyl groups is 1. The maximum absolute atomic E-state index is 12.3. The van der Waals surface area contributed by atoms with Crippen LogP contribution in [0.1, 0.15) is 22.5 Å². The van der Waals surface area contributed by atoms with E-state index in [1.807, 2.05) is 0 Å². The molecule has 0 atom stereocenters. The van der Waals surface area contributed by atoms with Crippen molar-refractivity contribution in [2.45, 2.75) is 6.43 Å². The summed E-state index contributed by atoms with van der Waals surface area (Å²) in [6.45, 7) is 0. The normalized spacial score (nSPS) is 10.6. The second-order valence-electron chi connectivity index (χ2n) is 2.32. The van der Waals surface area contributed by atoms with Gasteiger partial charge in [0.1, 0.15) is 17.0 Å². The number of carboxylic acids is 1. The van der Waals surface area contributed by atoms with E-state index in [0.29, 0.717) is 0 Å². The van der Waals surface area contributed by atoms with Crippen LogP contribution in [0.4, 0.5) is 8.78 Å². The topological polar surface area (TPSA) is 70.4 Å². The smallest absolute Gasteiger partial charge is 0.339 e. The molecule has 76 valence electrons. The highest BCUT2D eigenvalue weighted by Crippen LogP contribution is 2.29. The molecule has 0 aliphatic rings. The molecule has 2 N–H and O–H groups in total. The largest absolute Gasteiger partial charge is 0.505 e. The first kappa shape index (κ1) is 11.1. The summed E-state index contributed by atoms with van der Waals surface area (Å²) in [5, 5.41) is 17.7. The number of aromatic nitrogens is 1. The van der Waals surface area contributed by atoms with E-state index >= 15 is 0 Å². The van der Waals surface area contributed by atoms with E-state index in [2.05, 4.69) is 4.98 Å². The number of aromatic carboxylic acids is 1. The van der Waals surface area contributed by atoms with Gasteiger partial charge in [-0.3, -0.25) is 4.98 Å². The summed E-state index contributed by atoms with van der Waals surface area (Å²) in [7, 11) is 0. The Morgan fingerprint density at radius 2 is 2.14 bits per heavy atom. The van der Waals surface area contributed by atoms with Gasteiger partial charge in [0, 0.05) is 0 Å². The molecule has 1 aromatic rings. The lowest BCUT2D eigenvalue weighted by Gasteiger charge is -2.06. The number of carboxylic acid groups (broad SMARTS) is 1. The van der Waals surface area contributed by atoms with E-state index in [1.54, 1.807) is 0 Å². The molecule has 0 spiro atoms. The van der Waals surface area contributed by atoms with Gasteiger partial charge in [0.15, 0.2) is 0 Å². The van der Waals surface area contributed by atoms with E-state index in [0.717, 1.165) is 6.20 Å². The number of carbonyl (C=O) groups is 1. The molecule has 0 radical (unpaired) electrons. The van der Waals surface area contributed by atoms with Crippen LogP contribution in [0.2, 0.25) is 0 Å². The zero-order chi connectivity index (χ0) is 10.9. The minimum Gasteiger partial charge on any atom is -0.505 e. The zero-order valence-corrected chi connectivity index (χ0v) is 8.70. The van der Waals surface area contributed by atoms with Crippen LogP contribution in [0.3, 0.4) is 0 Å². The minimum absolute atomic E-state index is 0.139. The van der Waals surface area contributed by atoms with E-state index < -0.39 is 29.4 Å². The Bertz CT molecular complexity index is 383. The molecule has 0 aromatic carbocycles. The van der Waals surface area contributed by atoms with Crippen LogP contribution in [0.15, 0.2) is 6.20 Å². The quantitative estimate of drug-likeness (QED) is 0.819. The predicted octanol–water partition coefficient (Wildman–Crippen LogP) is 2.03. The molecule has 0 aliphatic heterocycles. The summed E-state index contributed by atoms with van der Waals surface area (Å²) in [4.78, 5) is 13.8. The van der Waals surface area contributed by atoms with Crippen LogP contribution in [0, 0.1) is 3.57 Å². The maximum Gasteiger partial charge on any atom is 0.339 e. The van der Waals surface area contributed by atoms with Crippen molar-refractivity contribution in [2.24, 2.45) is 0 Å². The highest BCUT2D eigenvalue weighted by molar-refractivity contribution is 14.1. The first-order valence-electron chi connectivity index (χ1n) is 3.34. The molecule has 0 unspecified atom stereocenters. The Morgan fingerprint density at radius 1 is 1.57 bits per heavy atom. The molecule has 4 nitrogen and oxygen atoms in total. The van der Waals surface area contributed by atoms with E-state index in [4.69, 9.17) is 10.2 Å². The molecule has 0 bridgehead atoms. The third kappa shape index (κ3) is 1.91. The monoisotopic (exact) mass is 315 g/mol. The van der Waals surface area contributed by atoms with Crippen molar-refractivity contribution in [3.63, 3.8) is 0 Å². The van der Waals surface area contributed by atoms with E-state index in [9.17, 15) is 13.6 Å². The van der Waals surface area contributed by atoms with Crippen molar-refractivity contribution < 1.29 is 23.8 Å². The van der Waals surface area contributed by atoms with Crippen LogP contribution in [0.25, 0.3) is 0 Å². The third-order valence-corrected chi connectivity index (χ3v) is 2.54. The Morgan fingerprint density at radius 3 is 2.57 bits per heavy atom. The number of hydrogen-bond donors (Lipinski definition) is 2. The fraction of sp³-hybridized carbons (Fsp3) is 0.143. The van der Waals surface area contributed by atoms with Crippen molar-refractivity contribution in [2.75, 3.05) is 0 Å². The average molecular weight is 315 g/mol. The number of halogens is 3. The van der Waals surface area contributed by atoms with Gasteiger partial charge in [0.25, 0.3) is 6.43 Å². The predicted molar refractivity (Wildman–Crippen MR) is 50.5 cm³/mol. The fourth-order valence-corrected chi connectivity index (χ4v) is 1.51. The van der Waals surface area contributed by atoms with Gasteiger partial charge in [-0.05, 0) is 22.6 Å². The molecule has 1 aromatic heterocycles. The summed E-state index contributed by atoms with van der Waals surface area (Å²) in [5.41, 5.74) is -1.49. The van der Waals surface area contributed by atoms with Gasteiger partial charge in [0.05, 0.1) is 9.77 Å². The first-order chi connectivity index (χ1) is 6.45. The second-order valence-corrected chi connectivity index (χ2v) is 3.40. The number of alkyl halides is 2. The molecule has 14 heavy (non-hydrogen) atoms. The Balaban J connectivity index is 3.45. The van der Waals surface area contributed by atoms with Crippen molar-refractivity contribution in [1.82, 2.24) is 4.98 Å². The molecule has 1 heterocycles. The van der Waals surface area contributed by atoms with Gasteiger partial charge in [-0.2, -0.15) is 0 Å². The van der Waals surface area contributed by atoms with Crippen LogP contribution in [-0.2, 0) is 0 Å². The summed E-state index contributed by atoms with van der Waals surface area (Å²) in [6.07, 6.45) is -2.18. The molecule has 0 saturated carbocycles. The molecule has 0 fully saturated rings. The van der Waals surface area contributed by atoms with Crippen molar-refractivity contribution >= 4 is 28.6 Å². The lowest BCUT2D eigenvalue weighted by molar-refractivity contribution is 0.0680. The Hall–Kier alpha value is -0.990. The number of nitrogens with zero attached hydrogens (tertiary/aromatic N) is 1. The highest BCUT2D eigenvalue weighted by Gasteiger charge is 2.24. The van der Waals surface area contributed by atoms with Gasteiger partial charge < -0.3 is 10.2 Å². The van der Waals surface area contributed by atoms with Crippen molar-refractivity contribution in [3.8, 4) is 5.75 Å². The van der Waals surface area contributed by atoms with Gasteiger partial charge in [-0.25, -0.2) is 13.6 Å². The molecular weight excluding hydrogens is 311 g/mol. The lowest BCUT2D eigenvalue weighted by Crippen LogP contribution is -2.08. The lowest BCUT2D eigenvalue weighted by atomic mass is 10.2. The molecule has 0 aliphatic carbocycles. The van der Waals surface area contributed by atoms with Gasteiger partial charge >= 0.3 is 5.97 Å². The van der Waals surface area contributed by atoms with Crippen LogP contribution >= 0.6 is 22.6 Å². The summed E-state index contributed by atoms with van der Waals surface area (Å²) in [6, 6.07) is 0. The number of hydrogen-bond acceptors (Lipinski definition) is 3. The van der Waals surface area contributed by atoms with Gasteiger partial charge in [-0.1, -0.05) is 0 Å². The van der Waals surface area contributed by atoms with Crippen LogP contribution in [-0.4, -0.2) is 21.2 Å². The number of rotatable bonds is 2. The standard InChI is InChI=1S/C7H4F2INO3/c8-6(9)5-3(7(13)14)4(10)2(12)1-11-5/h1,6,12H,(H,13,14). The van der Waals surface area contributed by atoms with E-state index in [1.165, 1.54) is 22.6 Å². The Kier molecular flexibility index (Phi) is 3.19. The molecule has 0 saturated heterocycles. The molecular formula is C7H4F2INO3. The van der Waals surface area contributed by atoms with E-state index in [-0.39, 0.29) is 3.57 Å². The Labute approximate surface area is 90.7 Å². The van der Waals surface area contributed by atoms with Gasteiger partial charge in [0.2, 0.25) is 0 Å². The van der Waals surface area contributed by atoms with Gasteiger partial charge in [-0.15, -0.1) is 0 Å². The third-order valence-electron chi connectivity index (χ3n) is 1.45. The number of pyridine rings is 1. The van der Waals surface area contributed by atoms with Crippen molar-refractivity contribution in [1.29, 1.82) is 0 Å². The first-order valence-corrected chi connectivity index (χ1v) is 4.41. The maximum atomic E-state index is 12.3. The second kappa shape index (κ2) is 4.03. The summed E-state index contributed by atoms with van der Waals surface area (Å²) >= 11 is 1.47.